The highest BCUT2D eigenvalue weighted by molar-refractivity contribution is 6.00. The molecule has 1 aromatic heterocycles. The third-order valence-corrected chi connectivity index (χ3v) is 4.20. The SMILES string of the molecule is C[C@H](c1ccccc1)N1C[C@H](C(=O)c2ccccn2)CC1=O. The van der Waals surface area contributed by atoms with Gasteiger partial charge in [0.2, 0.25) is 5.91 Å². The second kappa shape index (κ2) is 6.10. The Morgan fingerprint density at radius 3 is 2.59 bits per heavy atom. The lowest BCUT2D eigenvalue weighted by atomic mass is 10.0. The first-order valence-corrected chi connectivity index (χ1v) is 7.46. The molecule has 1 amide bonds. The van der Waals surface area contributed by atoms with Crippen LogP contribution in [0.15, 0.2) is 54.7 Å². The zero-order chi connectivity index (χ0) is 15.5. The highest BCUT2D eigenvalue weighted by Gasteiger charge is 2.37. The third-order valence-electron chi connectivity index (χ3n) is 4.20. The number of ketones is 1. The summed E-state index contributed by atoms with van der Waals surface area (Å²) >= 11 is 0. The molecule has 1 saturated heterocycles. The van der Waals surface area contributed by atoms with Gasteiger partial charge in [0.25, 0.3) is 0 Å². The lowest BCUT2D eigenvalue weighted by molar-refractivity contribution is -0.129. The Hall–Kier alpha value is -2.49. The first kappa shape index (κ1) is 14.4. The number of nitrogens with zero attached hydrogens (tertiary/aromatic N) is 2. The Morgan fingerprint density at radius 1 is 1.18 bits per heavy atom. The monoisotopic (exact) mass is 294 g/mol. The smallest absolute Gasteiger partial charge is 0.223 e. The molecule has 4 heteroatoms. The minimum atomic E-state index is -0.298. The highest BCUT2D eigenvalue weighted by atomic mass is 16.2. The van der Waals surface area contributed by atoms with Gasteiger partial charge in [0, 0.05) is 19.2 Å². The molecule has 1 fully saturated rings. The molecular weight excluding hydrogens is 276 g/mol. The predicted octanol–water partition coefficient (Wildman–Crippen LogP) is 2.87. The lowest BCUT2D eigenvalue weighted by Crippen LogP contribution is -2.29. The van der Waals surface area contributed by atoms with E-state index in [-0.39, 0.29) is 30.1 Å². The normalized spacial score (nSPS) is 19.2. The predicted molar refractivity (Wildman–Crippen MR) is 83.2 cm³/mol. The molecule has 0 radical (unpaired) electrons. The number of amides is 1. The van der Waals surface area contributed by atoms with Crippen LogP contribution in [-0.4, -0.2) is 28.1 Å². The van der Waals surface area contributed by atoms with E-state index < -0.39 is 0 Å². The summed E-state index contributed by atoms with van der Waals surface area (Å²) in [5.74, 6) is -0.309. The number of Topliss-reactive ketones (excluding diaryl/α,β-unsaturated/α-hetero) is 1. The van der Waals surface area contributed by atoms with Gasteiger partial charge in [-0.1, -0.05) is 36.4 Å². The van der Waals surface area contributed by atoms with Gasteiger partial charge in [-0.05, 0) is 24.6 Å². The van der Waals surface area contributed by atoms with Crippen molar-refractivity contribution in [1.82, 2.24) is 9.88 Å². The maximum Gasteiger partial charge on any atom is 0.223 e. The van der Waals surface area contributed by atoms with E-state index in [1.54, 1.807) is 29.3 Å². The minimum absolute atomic E-state index is 0.0183. The fraction of sp³-hybridized carbons (Fsp3) is 0.278. The van der Waals surface area contributed by atoms with Gasteiger partial charge in [0.05, 0.1) is 12.0 Å². The number of hydrogen-bond donors (Lipinski definition) is 0. The van der Waals surface area contributed by atoms with Crippen molar-refractivity contribution in [2.24, 2.45) is 5.92 Å². The van der Waals surface area contributed by atoms with Crippen molar-refractivity contribution < 1.29 is 9.59 Å². The van der Waals surface area contributed by atoms with Crippen LogP contribution >= 0.6 is 0 Å². The Bertz CT molecular complexity index is 670. The van der Waals surface area contributed by atoms with Crippen molar-refractivity contribution in [1.29, 1.82) is 0 Å². The van der Waals surface area contributed by atoms with E-state index in [9.17, 15) is 9.59 Å². The Morgan fingerprint density at radius 2 is 1.91 bits per heavy atom. The van der Waals surface area contributed by atoms with Crippen molar-refractivity contribution >= 4 is 11.7 Å². The van der Waals surface area contributed by atoms with Crippen LogP contribution in [0.4, 0.5) is 0 Å². The summed E-state index contributed by atoms with van der Waals surface area (Å²) in [5.41, 5.74) is 1.52. The largest absolute Gasteiger partial charge is 0.335 e. The van der Waals surface area contributed by atoms with Crippen LogP contribution in [0.2, 0.25) is 0 Å². The molecule has 3 rings (SSSR count). The molecule has 2 heterocycles. The molecule has 0 bridgehead atoms. The molecule has 0 aliphatic carbocycles. The first-order valence-electron chi connectivity index (χ1n) is 7.46. The van der Waals surface area contributed by atoms with E-state index in [1.165, 1.54) is 0 Å². The number of benzene rings is 1. The van der Waals surface area contributed by atoms with Crippen LogP contribution < -0.4 is 0 Å². The van der Waals surface area contributed by atoms with Crippen molar-refractivity contribution in [2.75, 3.05) is 6.54 Å². The molecular formula is C18H18N2O2. The summed E-state index contributed by atoms with van der Waals surface area (Å²) in [6, 6.07) is 15.1. The molecule has 1 aliphatic heterocycles. The zero-order valence-corrected chi connectivity index (χ0v) is 12.5. The van der Waals surface area contributed by atoms with Crippen LogP contribution in [0.1, 0.15) is 35.4 Å². The molecule has 0 unspecified atom stereocenters. The molecule has 1 aliphatic rings. The van der Waals surface area contributed by atoms with Crippen LogP contribution in [-0.2, 0) is 4.79 Å². The van der Waals surface area contributed by atoms with Crippen molar-refractivity contribution in [3.63, 3.8) is 0 Å². The average Bonchev–Trinajstić information content (AvgIpc) is 2.97. The molecule has 0 N–H and O–H groups in total. The molecule has 2 aromatic rings. The van der Waals surface area contributed by atoms with Crippen LogP contribution in [0.3, 0.4) is 0 Å². The quantitative estimate of drug-likeness (QED) is 0.815. The standard InChI is InChI=1S/C18H18N2O2/c1-13(14-7-3-2-4-8-14)20-12-15(11-17(20)21)18(22)16-9-5-6-10-19-16/h2-10,13,15H,11-12H2,1H3/t13-,15-/m1/s1. The topological polar surface area (TPSA) is 50.3 Å². The van der Waals surface area contributed by atoms with E-state index in [0.29, 0.717) is 12.2 Å². The number of aromatic nitrogens is 1. The van der Waals surface area contributed by atoms with E-state index in [4.69, 9.17) is 0 Å². The summed E-state index contributed by atoms with van der Waals surface area (Å²) in [4.78, 5) is 30.6. The molecule has 2 atom stereocenters. The second-order valence-corrected chi connectivity index (χ2v) is 5.61. The molecule has 1 aromatic carbocycles. The molecule has 4 nitrogen and oxygen atoms in total. The van der Waals surface area contributed by atoms with Gasteiger partial charge in [-0.25, -0.2) is 0 Å². The molecule has 0 spiro atoms. The third kappa shape index (κ3) is 2.77. The summed E-state index contributed by atoms with van der Waals surface area (Å²) in [5, 5.41) is 0. The van der Waals surface area contributed by atoms with E-state index >= 15 is 0 Å². The molecule has 112 valence electrons. The number of hydrogen-bond acceptors (Lipinski definition) is 3. The minimum Gasteiger partial charge on any atom is -0.335 e. The van der Waals surface area contributed by atoms with Crippen molar-refractivity contribution in [3.8, 4) is 0 Å². The van der Waals surface area contributed by atoms with Gasteiger partial charge >= 0.3 is 0 Å². The summed E-state index contributed by atoms with van der Waals surface area (Å²) in [6.45, 7) is 2.46. The van der Waals surface area contributed by atoms with Crippen LogP contribution in [0, 0.1) is 5.92 Å². The lowest BCUT2D eigenvalue weighted by Gasteiger charge is -2.25. The Labute approximate surface area is 129 Å². The van der Waals surface area contributed by atoms with Crippen molar-refractivity contribution in [3.05, 3.63) is 66.0 Å². The van der Waals surface area contributed by atoms with Gasteiger partial charge < -0.3 is 4.90 Å². The van der Waals surface area contributed by atoms with Crippen LogP contribution in [0.25, 0.3) is 0 Å². The number of pyridine rings is 1. The number of carbonyl (C=O) groups excluding carboxylic acids is 2. The van der Waals surface area contributed by atoms with Gasteiger partial charge in [-0.2, -0.15) is 0 Å². The number of rotatable bonds is 4. The van der Waals surface area contributed by atoms with Crippen LogP contribution in [0.5, 0.6) is 0 Å². The number of likely N-dealkylation sites (tertiary alicyclic amines) is 1. The second-order valence-electron chi connectivity index (χ2n) is 5.61. The van der Waals surface area contributed by atoms with E-state index in [2.05, 4.69) is 4.98 Å². The van der Waals surface area contributed by atoms with Gasteiger partial charge in [-0.15, -0.1) is 0 Å². The summed E-state index contributed by atoms with van der Waals surface area (Å²) in [7, 11) is 0. The maximum atomic E-state index is 12.5. The van der Waals surface area contributed by atoms with Gasteiger partial charge in [0.15, 0.2) is 5.78 Å². The van der Waals surface area contributed by atoms with Gasteiger partial charge in [0.1, 0.15) is 5.69 Å². The fourth-order valence-electron chi connectivity index (χ4n) is 2.91. The molecule has 22 heavy (non-hydrogen) atoms. The van der Waals surface area contributed by atoms with Gasteiger partial charge in [-0.3, -0.25) is 14.6 Å². The first-order chi connectivity index (χ1) is 10.7. The zero-order valence-electron chi connectivity index (χ0n) is 12.5. The van der Waals surface area contributed by atoms with E-state index in [0.717, 1.165) is 5.56 Å². The molecule has 0 saturated carbocycles. The Kier molecular flexibility index (Phi) is 4.00. The highest BCUT2D eigenvalue weighted by Crippen LogP contribution is 2.29. The van der Waals surface area contributed by atoms with E-state index in [1.807, 2.05) is 37.3 Å². The fourth-order valence-corrected chi connectivity index (χ4v) is 2.91. The number of carbonyl (C=O) groups is 2. The average molecular weight is 294 g/mol. The van der Waals surface area contributed by atoms with Crippen molar-refractivity contribution in [2.45, 2.75) is 19.4 Å². The Balaban J connectivity index is 1.75. The maximum absolute atomic E-state index is 12.5. The summed E-state index contributed by atoms with van der Waals surface area (Å²) < 4.78 is 0. The summed E-state index contributed by atoms with van der Waals surface area (Å²) in [6.07, 6.45) is 1.88.